The van der Waals surface area contributed by atoms with Gasteiger partial charge in [0.1, 0.15) is 0 Å². The Labute approximate surface area is 106 Å². The van der Waals surface area contributed by atoms with E-state index in [9.17, 15) is 9.59 Å². The number of carboxylic acids is 1. The third kappa shape index (κ3) is 2.88. The van der Waals surface area contributed by atoms with Gasteiger partial charge >= 0.3 is 5.97 Å². The van der Waals surface area contributed by atoms with Crippen LogP contribution in [0.4, 0.5) is 0 Å². The lowest BCUT2D eigenvalue weighted by Gasteiger charge is -2.39. The molecule has 0 spiro atoms. The highest BCUT2D eigenvalue weighted by Crippen LogP contribution is 2.30. The monoisotopic (exact) mass is 247 g/mol. The summed E-state index contributed by atoms with van der Waals surface area (Å²) in [6.07, 6.45) is 3.43. The van der Waals surface area contributed by atoms with Crippen molar-refractivity contribution in [1.82, 2.24) is 5.32 Å². The van der Waals surface area contributed by atoms with Crippen LogP contribution in [0.3, 0.4) is 0 Å². The minimum absolute atomic E-state index is 0.0419. The van der Waals surface area contributed by atoms with Crippen molar-refractivity contribution in [3.05, 3.63) is 35.4 Å². The second-order valence-electron chi connectivity index (χ2n) is 5.14. The third-order valence-electron chi connectivity index (χ3n) is 3.44. The van der Waals surface area contributed by atoms with Gasteiger partial charge in [0.15, 0.2) is 0 Å². The summed E-state index contributed by atoms with van der Waals surface area (Å²) in [5, 5.41) is 11.9. The van der Waals surface area contributed by atoms with Gasteiger partial charge in [-0.25, -0.2) is 4.79 Å². The molecule has 18 heavy (non-hydrogen) atoms. The van der Waals surface area contributed by atoms with Crippen molar-refractivity contribution in [1.29, 1.82) is 0 Å². The predicted molar refractivity (Wildman–Crippen MR) is 67.5 cm³/mol. The number of carbonyl (C=O) groups is 2. The zero-order valence-corrected chi connectivity index (χ0v) is 10.4. The first-order valence-electron chi connectivity index (χ1n) is 6.12. The molecule has 1 amide bonds. The van der Waals surface area contributed by atoms with Crippen molar-refractivity contribution in [3.8, 4) is 0 Å². The SMILES string of the molecule is CC1(NC(=O)Cc2cccc(C(=O)O)c2)CCC1. The lowest BCUT2D eigenvalue weighted by molar-refractivity contribution is -0.123. The Morgan fingerprint density at radius 2 is 2.11 bits per heavy atom. The molecular weight excluding hydrogens is 230 g/mol. The van der Waals surface area contributed by atoms with Crippen LogP contribution < -0.4 is 5.32 Å². The number of hydrogen-bond acceptors (Lipinski definition) is 2. The number of rotatable bonds is 4. The molecule has 0 aliphatic heterocycles. The van der Waals surface area contributed by atoms with Gasteiger partial charge in [0, 0.05) is 5.54 Å². The van der Waals surface area contributed by atoms with E-state index < -0.39 is 5.97 Å². The van der Waals surface area contributed by atoms with E-state index in [0.717, 1.165) is 24.8 Å². The van der Waals surface area contributed by atoms with E-state index in [1.807, 2.05) is 6.92 Å². The molecule has 0 bridgehead atoms. The second kappa shape index (κ2) is 4.80. The van der Waals surface area contributed by atoms with Crippen molar-refractivity contribution in [3.63, 3.8) is 0 Å². The molecule has 4 nitrogen and oxygen atoms in total. The van der Waals surface area contributed by atoms with Gasteiger partial charge in [-0.3, -0.25) is 4.79 Å². The largest absolute Gasteiger partial charge is 0.478 e. The van der Waals surface area contributed by atoms with E-state index >= 15 is 0 Å². The molecule has 2 rings (SSSR count). The molecular formula is C14H17NO3. The highest BCUT2D eigenvalue weighted by molar-refractivity contribution is 5.88. The second-order valence-corrected chi connectivity index (χ2v) is 5.14. The Hall–Kier alpha value is -1.84. The molecule has 96 valence electrons. The van der Waals surface area contributed by atoms with E-state index in [1.165, 1.54) is 6.07 Å². The van der Waals surface area contributed by atoms with Crippen LogP contribution in [0.5, 0.6) is 0 Å². The van der Waals surface area contributed by atoms with Gasteiger partial charge in [-0.2, -0.15) is 0 Å². The molecule has 0 heterocycles. The Morgan fingerprint density at radius 1 is 1.39 bits per heavy atom. The third-order valence-corrected chi connectivity index (χ3v) is 3.44. The maximum Gasteiger partial charge on any atom is 0.335 e. The maximum atomic E-state index is 11.8. The fraction of sp³-hybridized carbons (Fsp3) is 0.429. The summed E-state index contributed by atoms with van der Waals surface area (Å²) in [4.78, 5) is 22.7. The molecule has 1 aliphatic carbocycles. The molecule has 0 radical (unpaired) electrons. The average molecular weight is 247 g/mol. The molecule has 1 aromatic rings. The summed E-state index contributed by atoms with van der Waals surface area (Å²) in [5.74, 6) is -1.01. The van der Waals surface area contributed by atoms with E-state index in [4.69, 9.17) is 5.11 Å². The van der Waals surface area contributed by atoms with Crippen molar-refractivity contribution in [2.75, 3.05) is 0 Å². The summed E-state index contributed by atoms with van der Waals surface area (Å²) in [6, 6.07) is 6.51. The molecule has 0 unspecified atom stereocenters. The van der Waals surface area contributed by atoms with Crippen LogP contribution in [-0.4, -0.2) is 22.5 Å². The number of aromatic carboxylic acids is 1. The standard InChI is InChI=1S/C14H17NO3/c1-14(6-3-7-14)15-12(16)9-10-4-2-5-11(8-10)13(17)18/h2,4-5,8H,3,6-7,9H2,1H3,(H,15,16)(H,17,18). The topological polar surface area (TPSA) is 66.4 Å². The predicted octanol–water partition coefficient (Wildman–Crippen LogP) is 1.99. The van der Waals surface area contributed by atoms with Gasteiger partial charge in [0.2, 0.25) is 5.91 Å². The van der Waals surface area contributed by atoms with Crippen LogP contribution in [0.1, 0.15) is 42.1 Å². The van der Waals surface area contributed by atoms with Crippen LogP contribution >= 0.6 is 0 Å². The minimum atomic E-state index is -0.969. The summed E-state index contributed by atoms with van der Waals surface area (Å²) in [6.45, 7) is 2.04. The lowest BCUT2D eigenvalue weighted by atomic mass is 9.78. The number of carboxylic acid groups (broad SMARTS) is 1. The average Bonchev–Trinajstić information content (AvgIpc) is 2.27. The maximum absolute atomic E-state index is 11.8. The summed E-state index contributed by atoms with van der Waals surface area (Å²) < 4.78 is 0. The van der Waals surface area contributed by atoms with Gasteiger partial charge in [0.25, 0.3) is 0 Å². The summed E-state index contributed by atoms with van der Waals surface area (Å²) in [7, 11) is 0. The van der Waals surface area contributed by atoms with Gasteiger partial charge in [0.05, 0.1) is 12.0 Å². The van der Waals surface area contributed by atoms with Gasteiger partial charge in [-0.05, 0) is 43.9 Å². The van der Waals surface area contributed by atoms with Gasteiger partial charge in [-0.15, -0.1) is 0 Å². The smallest absolute Gasteiger partial charge is 0.335 e. The molecule has 1 fully saturated rings. The van der Waals surface area contributed by atoms with Gasteiger partial charge < -0.3 is 10.4 Å². The number of amides is 1. The lowest BCUT2D eigenvalue weighted by Crippen LogP contribution is -2.51. The number of benzene rings is 1. The molecule has 1 saturated carbocycles. The van der Waals surface area contributed by atoms with Crippen LogP contribution in [-0.2, 0) is 11.2 Å². The minimum Gasteiger partial charge on any atom is -0.478 e. The zero-order valence-electron chi connectivity index (χ0n) is 10.4. The van der Waals surface area contributed by atoms with Gasteiger partial charge in [-0.1, -0.05) is 12.1 Å². The number of nitrogens with one attached hydrogen (secondary N) is 1. The first-order valence-corrected chi connectivity index (χ1v) is 6.12. The quantitative estimate of drug-likeness (QED) is 0.855. The molecule has 1 aliphatic rings. The fourth-order valence-corrected chi connectivity index (χ4v) is 2.21. The summed E-state index contributed by atoms with van der Waals surface area (Å²) in [5.41, 5.74) is 0.895. The van der Waals surface area contributed by atoms with Crippen LogP contribution in [0.25, 0.3) is 0 Å². The van der Waals surface area contributed by atoms with E-state index in [0.29, 0.717) is 0 Å². The van der Waals surface area contributed by atoms with Crippen LogP contribution in [0.2, 0.25) is 0 Å². The molecule has 2 N–H and O–H groups in total. The molecule has 0 aromatic heterocycles. The van der Waals surface area contributed by atoms with Crippen molar-refractivity contribution >= 4 is 11.9 Å². The van der Waals surface area contributed by atoms with Crippen LogP contribution in [0.15, 0.2) is 24.3 Å². The molecule has 0 atom stereocenters. The van der Waals surface area contributed by atoms with E-state index in [-0.39, 0.29) is 23.4 Å². The molecule has 4 heteroatoms. The highest BCUT2D eigenvalue weighted by Gasteiger charge is 2.32. The van der Waals surface area contributed by atoms with Crippen molar-refractivity contribution in [2.24, 2.45) is 0 Å². The zero-order chi connectivity index (χ0) is 13.2. The molecule has 0 saturated heterocycles. The van der Waals surface area contributed by atoms with Crippen molar-refractivity contribution < 1.29 is 14.7 Å². The Kier molecular flexibility index (Phi) is 3.36. The normalized spacial score (nSPS) is 16.7. The Balaban J connectivity index is 1.98. The molecule has 1 aromatic carbocycles. The Bertz CT molecular complexity index is 478. The fourth-order valence-electron chi connectivity index (χ4n) is 2.21. The van der Waals surface area contributed by atoms with Crippen molar-refractivity contribution in [2.45, 2.75) is 38.1 Å². The first-order chi connectivity index (χ1) is 8.48. The van der Waals surface area contributed by atoms with E-state index in [1.54, 1.807) is 18.2 Å². The number of carbonyl (C=O) groups excluding carboxylic acids is 1. The summed E-state index contributed by atoms with van der Waals surface area (Å²) >= 11 is 0. The van der Waals surface area contributed by atoms with E-state index in [2.05, 4.69) is 5.32 Å². The first kappa shape index (κ1) is 12.6. The highest BCUT2D eigenvalue weighted by atomic mass is 16.4. The number of hydrogen-bond donors (Lipinski definition) is 2. The Morgan fingerprint density at radius 3 is 2.67 bits per heavy atom. The van der Waals surface area contributed by atoms with Crippen LogP contribution in [0, 0.1) is 0 Å².